The summed E-state index contributed by atoms with van der Waals surface area (Å²) in [4.78, 5) is 134. The van der Waals surface area contributed by atoms with E-state index in [2.05, 4.69) is 10.6 Å². The van der Waals surface area contributed by atoms with Crippen LogP contribution in [0.4, 0.5) is 29.7 Å². The molecule has 38 nitrogen and oxygen atoms in total. The van der Waals surface area contributed by atoms with E-state index >= 15 is 8.78 Å². The molecule has 3 aromatic carbocycles. The third-order valence-electron chi connectivity index (χ3n) is 26.5. The molecule has 0 spiro atoms. The number of Topliss-reactive ketones (excluding diaryl/α,β-unsaturated/α-hetero) is 4. The van der Waals surface area contributed by atoms with Gasteiger partial charge in [-0.05, 0) is 184 Å². The van der Waals surface area contributed by atoms with Crippen LogP contribution in [-0.2, 0) is 80.9 Å². The SMILES string of the molecule is CC[C@H]1OC(=O)[C@@](C)(F)C(=O)[C@H](C)[C@@H](OC2O[C@H](C)C[C@H](N(C)C)[C@H]2O)[C@@](C)(OC)C[C@@H](C)C(=O)[C@H](C)C2N(CCCCN/C=C(\N)c3cccc(N)c3)C(=O)O[C@@]21C.CC[C@H]1OC(=O)[C@@](C)(F)C(=O)[C@H](C)[C@@H](OC2O[C@H](C)C[C@H](N(C)C)[C@H]2OC(=O)c2ccccc2)[C@@](C)(OC)C[C@@H](C)C(=O)[C@H](C)C2N(CCCCN/C=C(\N)c3cccc(N)c3)C(=O)O[C@@]21C.CO.N.N.O.O.O.O. The van der Waals surface area contributed by atoms with Crippen LogP contribution in [0.15, 0.2) is 91.3 Å². The highest BCUT2D eigenvalue weighted by molar-refractivity contribution is 6.08. The molecule has 0 aliphatic carbocycles. The lowest BCUT2D eigenvalue weighted by Gasteiger charge is -2.48. The van der Waals surface area contributed by atoms with Crippen LogP contribution in [0.2, 0.25) is 0 Å². The summed E-state index contributed by atoms with van der Waals surface area (Å²) in [5.41, 5.74) is 15.6. The van der Waals surface area contributed by atoms with Crippen LogP contribution in [0.1, 0.15) is 196 Å². The summed E-state index contributed by atoms with van der Waals surface area (Å²) in [7, 11) is 11.1. The summed E-state index contributed by atoms with van der Waals surface area (Å²) in [5, 5.41) is 24.8. The van der Waals surface area contributed by atoms with Gasteiger partial charge in [-0.25, -0.2) is 32.8 Å². The van der Waals surface area contributed by atoms with Crippen molar-refractivity contribution in [3.8, 4) is 0 Å². The number of nitrogens with two attached hydrogens (primary N) is 4. The minimum atomic E-state index is -3.24. The number of anilines is 2. The second-order valence-corrected chi connectivity index (χ2v) is 36.7. The van der Waals surface area contributed by atoms with Crippen molar-refractivity contribution < 1.29 is 136 Å². The first-order valence-electron chi connectivity index (χ1n) is 44.5. The minimum Gasteiger partial charge on any atom is -0.455 e. The number of unbranched alkanes of at least 4 members (excludes halogenated alkanes) is 2. The van der Waals surface area contributed by atoms with Gasteiger partial charge >= 0.3 is 30.1 Å². The molecule has 0 saturated carbocycles. The van der Waals surface area contributed by atoms with Gasteiger partial charge in [0.1, 0.15) is 29.9 Å². The van der Waals surface area contributed by atoms with E-state index in [0.717, 1.165) is 32.1 Å². The molecule has 0 aromatic heterocycles. The maximum atomic E-state index is 17.2. The number of esters is 3. The summed E-state index contributed by atoms with van der Waals surface area (Å²) >= 11 is 0. The van der Waals surface area contributed by atoms with Crippen molar-refractivity contribution in [2.45, 2.75) is 294 Å². The molecule has 6 saturated heterocycles. The van der Waals surface area contributed by atoms with Gasteiger partial charge in [0.2, 0.25) is 0 Å². The van der Waals surface area contributed by atoms with E-state index in [-0.39, 0.29) is 96.7 Å². The molecular formula is C94H158F2N12O26. The fourth-order valence-corrected chi connectivity index (χ4v) is 19.3. The number of aliphatic hydroxyl groups excluding tert-OH is 2. The number of fused-ring (bicyclic) bond motifs is 2. The Labute approximate surface area is 787 Å². The predicted octanol–water partition coefficient (Wildman–Crippen LogP) is 6.88. The number of hydrogen-bond acceptors (Lipinski definition) is 32. The maximum absolute atomic E-state index is 17.2. The van der Waals surface area contributed by atoms with Crippen LogP contribution in [0.5, 0.6) is 0 Å². The molecule has 9 rings (SSSR count). The molecule has 134 heavy (non-hydrogen) atoms. The molecule has 4 unspecified atom stereocenters. The fourth-order valence-electron chi connectivity index (χ4n) is 19.3. The number of aliphatic hydroxyl groups is 2. The van der Waals surface area contributed by atoms with Crippen LogP contribution in [0.3, 0.4) is 0 Å². The predicted molar refractivity (Wildman–Crippen MR) is 503 cm³/mol. The van der Waals surface area contributed by atoms with Gasteiger partial charge in [0.05, 0.1) is 70.7 Å². The number of hydrogen-bond donors (Lipinski definition) is 10. The fraction of sp³-hybridized carbons (Fsp3) is 0.670. The molecule has 6 aliphatic heterocycles. The molecule has 6 heterocycles. The van der Waals surface area contributed by atoms with Gasteiger partial charge in [-0.3, -0.25) is 19.2 Å². The summed E-state index contributed by atoms with van der Waals surface area (Å²) in [6.07, 6.45) is -5.55. The van der Waals surface area contributed by atoms with Crippen molar-refractivity contribution in [1.82, 2.24) is 42.5 Å². The lowest BCUT2D eigenvalue weighted by Crippen LogP contribution is -2.62. The molecule has 0 radical (unpaired) electrons. The molecule has 6 fully saturated rings. The lowest BCUT2D eigenvalue weighted by molar-refractivity contribution is -0.295. The van der Waals surface area contributed by atoms with Gasteiger partial charge in [-0.1, -0.05) is 97.9 Å². The third kappa shape index (κ3) is 28.1. The van der Waals surface area contributed by atoms with Crippen LogP contribution in [0, 0.1) is 35.5 Å². The normalized spacial score (nSPS) is 33.9. The number of likely N-dealkylation sites (N-methyl/N-ethyl adjacent to an activating group) is 2. The Balaban J connectivity index is 0.00000127. The number of nitrogens with one attached hydrogen (secondary N) is 2. The first-order valence-corrected chi connectivity index (χ1v) is 44.5. The minimum absolute atomic E-state index is 0. The topological polar surface area (TPSA) is 633 Å². The molecule has 26 N–H and O–H groups in total. The number of methoxy groups -OCH3 is 2. The number of cyclic esters (lactones) is 2. The maximum Gasteiger partial charge on any atom is 0.410 e. The third-order valence-corrected chi connectivity index (χ3v) is 26.5. The van der Waals surface area contributed by atoms with Gasteiger partial charge in [-0.2, -0.15) is 0 Å². The highest BCUT2D eigenvalue weighted by Crippen LogP contribution is 2.48. The quantitative estimate of drug-likeness (QED) is 0.0129. The Kier molecular flexibility index (Phi) is 48.0. The summed E-state index contributed by atoms with van der Waals surface area (Å²) in [6, 6.07) is 20.1. The Morgan fingerprint density at radius 1 is 0.537 bits per heavy atom. The number of nitrogens with zero attached hydrogens (tertiary/aromatic N) is 4. The number of amides is 2. The van der Waals surface area contributed by atoms with E-state index in [1.165, 1.54) is 37.9 Å². The molecule has 6 aliphatic rings. The van der Waals surface area contributed by atoms with Crippen LogP contribution < -0.4 is 45.9 Å². The Morgan fingerprint density at radius 3 is 1.25 bits per heavy atom. The summed E-state index contributed by atoms with van der Waals surface area (Å²) in [6.45, 7) is 26.3. The van der Waals surface area contributed by atoms with E-state index in [1.807, 2.05) is 76.1 Å². The number of halogens is 2. The monoisotopic (exact) mass is 1910 g/mol. The number of nitrogen functional groups attached to an aromatic ring is 2. The molecule has 40 heteroatoms. The van der Waals surface area contributed by atoms with Gasteiger partial charge in [0.15, 0.2) is 41.5 Å². The smallest absolute Gasteiger partial charge is 0.410 e. The molecule has 764 valence electrons. The highest BCUT2D eigenvalue weighted by Gasteiger charge is 2.65. The number of rotatable bonds is 26. The van der Waals surface area contributed by atoms with Crippen molar-refractivity contribution in [2.75, 3.05) is 87.2 Å². The number of ketones is 4. The second-order valence-electron chi connectivity index (χ2n) is 36.7. The number of carbonyl (C=O) groups excluding carboxylic acids is 9. The van der Waals surface area contributed by atoms with Crippen molar-refractivity contribution in [3.05, 3.63) is 108 Å². The molecule has 26 atom stereocenters. The Bertz CT molecular complexity index is 4350. The van der Waals surface area contributed by atoms with E-state index in [1.54, 1.807) is 136 Å². The molecule has 0 bridgehead atoms. The van der Waals surface area contributed by atoms with Crippen molar-refractivity contribution in [1.29, 1.82) is 0 Å². The second kappa shape index (κ2) is 52.4. The van der Waals surface area contributed by atoms with Crippen molar-refractivity contribution in [2.24, 2.45) is 47.0 Å². The molecule has 2 amide bonds. The molecule has 3 aromatic rings. The molecular weight excluding hydrogens is 1750 g/mol. The van der Waals surface area contributed by atoms with Gasteiger partial charge in [-0.15, -0.1) is 0 Å². The van der Waals surface area contributed by atoms with Crippen LogP contribution in [0.25, 0.3) is 11.4 Å². The van der Waals surface area contributed by atoms with Crippen molar-refractivity contribution in [3.63, 3.8) is 0 Å². The van der Waals surface area contributed by atoms with Crippen LogP contribution in [-0.4, -0.2) is 300 Å². The number of ether oxygens (including phenoxy) is 11. The summed E-state index contributed by atoms with van der Waals surface area (Å²) < 4.78 is 102. The lowest BCUT2D eigenvalue weighted by atomic mass is 9.73. The zero-order valence-corrected chi connectivity index (χ0v) is 82.4. The first-order chi connectivity index (χ1) is 60.0. The number of alkyl halides is 2. The Hall–Kier alpha value is -9.21. The van der Waals surface area contributed by atoms with E-state index in [0.29, 0.717) is 79.9 Å². The standard InChI is InChI=1S/C50H72FN5O11.C43H68FN5O10.CH4O.2H3N.4H2O/c1-12-38-50(8)41(56(47(61)67-50)24-17-16-23-54-28-36(53)34-21-18-22-35(52)26-34)31(4)39(57)29(2)27-48(6,62-11)43(32(5)42(58)49(7,51)46(60)64-38)66-45-40(37(55(9)10)25-30(3)63-45)65-44(59)33-19-14-13-15-20-33;1-12-32-43(8)35(49(40(54)59-43)19-14-13-18-47-23-30(46)28-16-15-17-29(45)21-28)26(4)33(50)24(2)22-41(6,55-11)37(27(5)36(52)42(7,44)39(53)57-32)58-38-34(51)31(48(9)10)20-25(3)56-38;1-2;;;;;;/h13-15,18-22,26,28-32,37-38,40-41,43,45,54H,12,16-17,23-25,27,52-53H2,1-11H3;15-17,21,23-27,31-32,34-35,37-38,47,51H,12-14,18-20,22,45-46H2,1-11H3;2H,1H3;2*1H3;4*1H2/b36-28-;30-23-;;;;;;;/t29-,30-,31+,32+,37+,38-,40-,41?,43-,45?,48+,49+,50-;24-,25-,26+,27+,31+,32-,34-,35?,37-,38?,41+,42+,43-;;;;;;;/m11......./s1. The largest absolute Gasteiger partial charge is 0.455 e. The highest BCUT2D eigenvalue weighted by atomic mass is 19.1. The zero-order valence-electron chi connectivity index (χ0n) is 82.4. The zero-order chi connectivity index (χ0) is 95.8. The summed E-state index contributed by atoms with van der Waals surface area (Å²) in [5.74, 6) is -12.5. The van der Waals surface area contributed by atoms with Gasteiger partial charge < -0.3 is 150 Å². The Morgan fingerprint density at radius 2 is 0.896 bits per heavy atom. The number of benzene rings is 3. The van der Waals surface area contributed by atoms with Crippen LogP contribution >= 0.6 is 0 Å². The van der Waals surface area contributed by atoms with E-state index < -0.39 is 184 Å². The van der Waals surface area contributed by atoms with Gasteiger partial charge in [0.25, 0.3) is 11.3 Å². The average molecular weight is 1910 g/mol. The number of carbonyl (C=O) groups is 9. The van der Waals surface area contributed by atoms with Gasteiger partial charge in [0, 0.05) is 124 Å². The van der Waals surface area contributed by atoms with E-state index in [9.17, 15) is 48.3 Å². The first kappa shape index (κ1) is 123. The average Bonchev–Trinajstić information content (AvgIpc) is 1.57. The van der Waals surface area contributed by atoms with Crippen molar-refractivity contribution >= 4 is 76.0 Å². The van der Waals surface area contributed by atoms with E-state index in [4.69, 9.17) is 80.1 Å².